The summed E-state index contributed by atoms with van der Waals surface area (Å²) in [5, 5.41) is 1.15. The number of aromatic nitrogens is 1. The molecule has 1 heterocycles. The number of nitrogens with zero attached hydrogens (tertiary/aromatic N) is 1. The second-order valence-corrected chi connectivity index (χ2v) is 5.50. The van der Waals surface area contributed by atoms with Gasteiger partial charge in [-0.25, -0.2) is 4.39 Å². The Kier molecular flexibility index (Phi) is 2.83. The highest BCUT2D eigenvalue weighted by Crippen LogP contribution is 2.38. The van der Waals surface area contributed by atoms with E-state index >= 15 is 0 Å². The summed E-state index contributed by atoms with van der Waals surface area (Å²) >= 11 is 6.14. The van der Waals surface area contributed by atoms with Crippen molar-refractivity contribution in [3.8, 4) is 0 Å². The molecule has 2 N–H and O–H groups in total. The van der Waals surface area contributed by atoms with Crippen LogP contribution in [-0.4, -0.2) is 10.6 Å². The quantitative estimate of drug-likeness (QED) is 0.889. The largest absolute Gasteiger partial charge is 0.343 e. The Hall–Kier alpha value is -1.06. The van der Waals surface area contributed by atoms with Crippen LogP contribution in [0.2, 0.25) is 5.02 Å². The zero-order valence-corrected chi connectivity index (χ0v) is 11.1. The van der Waals surface area contributed by atoms with Gasteiger partial charge in [0.1, 0.15) is 5.82 Å². The van der Waals surface area contributed by atoms with Gasteiger partial charge in [0.05, 0.1) is 10.5 Å². The lowest BCUT2D eigenvalue weighted by atomic mass is 10.1. The molecule has 0 saturated carbocycles. The molecule has 2 nitrogen and oxygen atoms in total. The van der Waals surface area contributed by atoms with Crippen molar-refractivity contribution in [3.05, 3.63) is 34.2 Å². The molecule has 1 aromatic heterocycles. The zero-order valence-electron chi connectivity index (χ0n) is 10.3. The fourth-order valence-electron chi connectivity index (χ4n) is 2.99. The number of benzene rings is 1. The molecule has 0 unspecified atom stereocenters. The van der Waals surface area contributed by atoms with E-state index in [1.165, 1.54) is 17.3 Å². The van der Waals surface area contributed by atoms with Crippen LogP contribution in [0.15, 0.2) is 12.1 Å². The Labute approximate surface area is 111 Å². The number of fused-ring (bicyclic) bond motifs is 3. The molecular formula is C14H16ClFN2. The van der Waals surface area contributed by atoms with Crippen molar-refractivity contribution in [3.63, 3.8) is 0 Å². The first-order valence-corrected chi connectivity index (χ1v) is 6.71. The normalized spacial score (nSPS) is 16.2. The smallest absolute Gasteiger partial charge is 0.142 e. The summed E-state index contributed by atoms with van der Waals surface area (Å²) in [7, 11) is 0. The van der Waals surface area contributed by atoms with E-state index in [0.717, 1.165) is 36.7 Å². The molecular weight excluding hydrogens is 251 g/mol. The topological polar surface area (TPSA) is 30.9 Å². The molecule has 1 aliphatic carbocycles. The summed E-state index contributed by atoms with van der Waals surface area (Å²) in [5.74, 6) is -0.336. The number of rotatable bonds is 2. The van der Waals surface area contributed by atoms with Gasteiger partial charge in [0, 0.05) is 23.7 Å². The Morgan fingerprint density at radius 2 is 2.22 bits per heavy atom. The van der Waals surface area contributed by atoms with E-state index in [-0.39, 0.29) is 16.9 Å². The third-order valence-electron chi connectivity index (χ3n) is 3.65. The van der Waals surface area contributed by atoms with E-state index in [2.05, 4.69) is 4.57 Å². The fourth-order valence-corrected chi connectivity index (χ4v) is 3.26. The van der Waals surface area contributed by atoms with E-state index in [1.807, 2.05) is 13.0 Å². The molecule has 18 heavy (non-hydrogen) atoms. The average Bonchev–Trinajstić information content (AvgIpc) is 2.86. The van der Waals surface area contributed by atoms with E-state index < -0.39 is 0 Å². The molecule has 0 saturated heterocycles. The standard InChI is InChI=1S/C14H16ClFN2/c1-8(17)7-18-11-4-2-3-9(11)13-12(18)6-5-10(16)14(13)15/h5-6,8H,2-4,7,17H2,1H3/t8-/m0/s1. The minimum absolute atomic E-state index is 0.0779. The van der Waals surface area contributed by atoms with Crippen molar-refractivity contribution in [2.45, 2.75) is 38.8 Å². The van der Waals surface area contributed by atoms with Gasteiger partial charge in [-0.15, -0.1) is 0 Å². The van der Waals surface area contributed by atoms with Gasteiger partial charge in [0.25, 0.3) is 0 Å². The summed E-state index contributed by atoms with van der Waals surface area (Å²) < 4.78 is 15.8. The molecule has 0 fully saturated rings. The fraction of sp³-hybridized carbons (Fsp3) is 0.429. The van der Waals surface area contributed by atoms with Crippen LogP contribution in [-0.2, 0) is 19.4 Å². The van der Waals surface area contributed by atoms with Crippen LogP contribution in [0.1, 0.15) is 24.6 Å². The summed E-state index contributed by atoms with van der Waals surface area (Å²) in [4.78, 5) is 0. The van der Waals surface area contributed by atoms with Gasteiger partial charge in [-0.05, 0) is 43.9 Å². The minimum Gasteiger partial charge on any atom is -0.343 e. The summed E-state index contributed by atoms with van der Waals surface area (Å²) in [6.45, 7) is 2.74. The molecule has 0 spiro atoms. The molecule has 0 amide bonds. The van der Waals surface area contributed by atoms with Crippen LogP contribution >= 0.6 is 11.6 Å². The Balaban J connectivity index is 2.32. The van der Waals surface area contributed by atoms with Gasteiger partial charge in [0.2, 0.25) is 0 Å². The highest BCUT2D eigenvalue weighted by Gasteiger charge is 2.24. The third-order valence-corrected chi connectivity index (χ3v) is 4.02. The maximum absolute atomic E-state index is 13.6. The Morgan fingerprint density at radius 1 is 1.44 bits per heavy atom. The van der Waals surface area contributed by atoms with Crippen LogP contribution < -0.4 is 5.73 Å². The highest BCUT2D eigenvalue weighted by molar-refractivity contribution is 6.36. The monoisotopic (exact) mass is 266 g/mol. The molecule has 1 aliphatic rings. The van der Waals surface area contributed by atoms with Crippen molar-refractivity contribution in [2.75, 3.05) is 0 Å². The molecule has 0 radical (unpaired) electrons. The first kappa shape index (κ1) is 12.0. The summed E-state index contributed by atoms with van der Waals surface area (Å²) in [6, 6.07) is 3.34. The lowest BCUT2D eigenvalue weighted by Crippen LogP contribution is -2.23. The first-order valence-electron chi connectivity index (χ1n) is 6.33. The molecule has 0 aliphatic heterocycles. The van der Waals surface area contributed by atoms with Gasteiger partial charge in [-0.3, -0.25) is 0 Å². The second kappa shape index (κ2) is 4.25. The number of hydrogen-bond donors (Lipinski definition) is 1. The molecule has 0 bridgehead atoms. The van der Waals surface area contributed by atoms with E-state index in [4.69, 9.17) is 17.3 Å². The lowest BCUT2D eigenvalue weighted by molar-refractivity contribution is 0.587. The third kappa shape index (κ3) is 1.65. The van der Waals surface area contributed by atoms with E-state index in [9.17, 15) is 4.39 Å². The minimum atomic E-state index is -0.336. The highest BCUT2D eigenvalue weighted by atomic mass is 35.5. The van der Waals surface area contributed by atoms with Gasteiger partial charge in [-0.1, -0.05) is 11.6 Å². The lowest BCUT2D eigenvalue weighted by Gasteiger charge is -2.12. The molecule has 96 valence electrons. The molecule has 1 aromatic carbocycles. The predicted molar refractivity (Wildman–Crippen MR) is 72.6 cm³/mol. The van der Waals surface area contributed by atoms with Crippen molar-refractivity contribution >= 4 is 22.5 Å². The molecule has 1 atom stereocenters. The van der Waals surface area contributed by atoms with Gasteiger partial charge in [-0.2, -0.15) is 0 Å². The second-order valence-electron chi connectivity index (χ2n) is 5.12. The maximum atomic E-state index is 13.6. The van der Waals surface area contributed by atoms with Gasteiger partial charge < -0.3 is 10.3 Å². The first-order chi connectivity index (χ1) is 8.59. The van der Waals surface area contributed by atoms with Gasteiger partial charge >= 0.3 is 0 Å². The van der Waals surface area contributed by atoms with Crippen LogP contribution in [0.25, 0.3) is 10.9 Å². The van der Waals surface area contributed by atoms with Crippen molar-refractivity contribution in [1.29, 1.82) is 0 Å². The van der Waals surface area contributed by atoms with Crippen LogP contribution in [0.4, 0.5) is 4.39 Å². The van der Waals surface area contributed by atoms with E-state index in [1.54, 1.807) is 0 Å². The summed E-state index contributed by atoms with van der Waals surface area (Å²) in [6.07, 6.45) is 3.14. The Morgan fingerprint density at radius 3 is 2.94 bits per heavy atom. The van der Waals surface area contributed by atoms with Gasteiger partial charge in [0.15, 0.2) is 0 Å². The number of halogens is 2. The molecule has 4 heteroatoms. The molecule has 3 rings (SSSR count). The predicted octanol–water partition coefficient (Wildman–Crippen LogP) is 3.27. The zero-order chi connectivity index (χ0) is 12.9. The summed E-state index contributed by atoms with van der Waals surface area (Å²) in [5.41, 5.74) is 9.43. The Bertz CT molecular complexity index is 616. The number of nitrogens with two attached hydrogens (primary N) is 1. The molecule has 2 aromatic rings. The maximum Gasteiger partial charge on any atom is 0.142 e. The van der Waals surface area contributed by atoms with E-state index in [0.29, 0.717) is 0 Å². The average molecular weight is 267 g/mol. The SMILES string of the molecule is C[C@H](N)Cn1c2c(c3c(Cl)c(F)ccc31)CCC2. The van der Waals surface area contributed by atoms with Crippen LogP contribution in [0.3, 0.4) is 0 Å². The van der Waals surface area contributed by atoms with Crippen LogP contribution in [0.5, 0.6) is 0 Å². The van der Waals surface area contributed by atoms with Crippen molar-refractivity contribution in [1.82, 2.24) is 4.57 Å². The number of hydrogen-bond acceptors (Lipinski definition) is 1. The van der Waals surface area contributed by atoms with Crippen molar-refractivity contribution in [2.24, 2.45) is 5.73 Å². The van der Waals surface area contributed by atoms with Crippen LogP contribution in [0, 0.1) is 5.82 Å². The van der Waals surface area contributed by atoms with Crippen molar-refractivity contribution < 1.29 is 4.39 Å². The number of aryl methyl sites for hydroxylation is 1.